The molecule has 2 heterocycles. The fourth-order valence-electron chi connectivity index (χ4n) is 11.9. The molecule has 14 heteroatoms. The first-order chi connectivity index (χ1) is 35.9. The molecule has 0 unspecified atom stereocenters. The number of fused-ring (bicyclic) bond motifs is 1. The van der Waals surface area contributed by atoms with Gasteiger partial charge in [-0.25, -0.2) is 0 Å². The first-order valence-electron chi connectivity index (χ1n) is 27.7. The molecule has 74 heavy (non-hydrogen) atoms. The van der Waals surface area contributed by atoms with Gasteiger partial charge in [-0.3, -0.25) is 28.8 Å². The van der Waals surface area contributed by atoms with Gasteiger partial charge >= 0.3 is 0 Å². The van der Waals surface area contributed by atoms with Gasteiger partial charge in [0.1, 0.15) is 12.1 Å². The van der Waals surface area contributed by atoms with Gasteiger partial charge in [-0.05, 0) is 150 Å². The quantitative estimate of drug-likeness (QED) is 0.0622. The lowest BCUT2D eigenvalue weighted by molar-refractivity contribution is -0.139. The van der Waals surface area contributed by atoms with Crippen LogP contribution in [0.5, 0.6) is 0 Å². The van der Waals surface area contributed by atoms with E-state index in [9.17, 15) is 28.8 Å². The Morgan fingerprint density at radius 2 is 0.905 bits per heavy atom. The van der Waals surface area contributed by atoms with E-state index in [1.807, 2.05) is 92.4 Å². The fourth-order valence-corrected chi connectivity index (χ4v) is 11.9. The van der Waals surface area contributed by atoms with E-state index in [0.717, 1.165) is 98.9 Å². The molecular weight excluding hydrogens is 929 g/mol. The number of hydrogen-bond acceptors (Lipinski definition) is 8. The summed E-state index contributed by atoms with van der Waals surface area (Å²) in [5.74, 6) is -0.555. The van der Waals surface area contributed by atoms with Crippen molar-refractivity contribution >= 4 is 46.2 Å². The van der Waals surface area contributed by atoms with Crippen molar-refractivity contribution in [2.75, 3.05) is 53.4 Å². The second-order valence-corrected chi connectivity index (χ2v) is 21.5. The van der Waals surface area contributed by atoms with E-state index in [1.54, 1.807) is 27.9 Å². The van der Waals surface area contributed by atoms with Crippen LogP contribution in [0.3, 0.4) is 0 Å². The lowest BCUT2D eigenvalue weighted by Crippen LogP contribution is -2.57. The van der Waals surface area contributed by atoms with Crippen molar-refractivity contribution in [1.29, 1.82) is 0 Å². The van der Waals surface area contributed by atoms with E-state index in [2.05, 4.69) is 45.5 Å². The number of nitrogens with one attached hydrogen (secondary N) is 4. The first-order valence-corrected chi connectivity index (χ1v) is 27.7. The van der Waals surface area contributed by atoms with E-state index < -0.39 is 24.2 Å². The molecule has 4 N–H and O–H groups in total. The molecule has 0 spiro atoms. The summed E-state index contributed by atoms with van der Waals surface area (Å²) in [6, 6.07) is 29.1. The highest BCUT2D eigenvalue weighted by Crippen LogP contribution is 2.33. The molecule has 14 nitrogen and oxygen atoms in total. The predicted octanol–water partition coefficient (Wildman–Crippen LogP) is 7.74. The van der Waals surface area contributed by atoms with Gasteiger partial charge in [0.05, 0.1) is 12.1 Å². The molecule has 0 aromatic heterocycles. The summed E-state index contributed by atoms with van der Waals surface area (Å²) >= 11 is 0. The summed E-state index contributed by atoms with van der Waals surface area (Å²) in [7, 11) is 3.48. The summed E-state index contributed by atoms with van der Waals surface area (Å²) in [6.45, 7) is 6.43. The average molecular weight is 1020 g/mol. The van der Waals surface area contributed by atoms with Gasteiger partial charge in [0.2, 0.25) is 23.6 Å². The van der Waals surface area contributed by atoms with Crippen LogP contribution in [-0.4, -0.2) is 145 Å². The van der Waals surface area contributed by atoms with E-state index in [-0.39, 0.29) is 65.1 Å². The van der Waals surface area contributed by atoms with Crippen molar-refractivity contribution in [3.05, 3.63) is 119 Å². The molecule has 404 valence electrons. The summed E-state index contributed by atoms with van der Waals surface area (Å²) in [5, 5.41) is 13.9. The Kier molecular flexibility index (Phi) is 18.9. The van der Waals surface area contributed by atoms with Gasteiger partial charge < -0.3 is 40.9 Å². The zero-order chi connectivity index (χ0) is 52.1. The van der Waals surface area contributed by atoms with Gasteiger partial charge in [0, 0.05) is 68.2 Å². The number of amides is 6. The van der Waals surface area contributed by atoms with Gasteiger partial charge in [0.15, 0.2) is 0 Å². The Morgan fingerprint density at radius 3 is 1.27 bits per heavy atom. The fraction of sp³-hybridized carbons (Fsp3) is 0.533. The zero-order valence-corrected chi connectivity index (χ0v) is 44.2. The number of rotatable bonds is 22. The molecule has 4 fully saturated rings. The Hall–Kier alpha value is -6.12. The van der Waals surface area contributed by atoms with Crippen molar-refractivity contribution < 1.29 is 34.5 Å². The van der Waals surface area contributed by atoms with Crippen molar-refractivity contribution in [2.24, 2.45) is 11.8 Å². The summed E-state index contributed by atoms with van der Waals surface area (Å²) < 4.78 is 0. The Morgan fingerprint density at radius 1 is 0.527 bits per heavy atom. The maximum absolute atomic E-state index is 14.8. The van der Waals surface area contributed by atoms with Crippen LogP contribution in [-0.2, 0) is 32.0 Å². The Labute approximate surface area is 444 Å². The van der Waals surface area contributed by atoms with Crippen LogP contribution in [0.15, 0.2) is 97.1 Å². The number of carbonyl (C=O) groups excluding carboxylic acids is 6. The number of carbonyl (C=O) groups is 6. The number of likely N-dealkylation sites (N-methyl/N-ethyl adjacent to an activating group) is 2. The number of benzene rings is 4. The van der Waals surface area contributed by atoms with Crippen LogP contribution in [0, 0.1) is 11.8 Å². The van der Waals surface area contributed by atoms with E-state index in [1.165, 1.54) is 0 Å². The number of hydrogen-bond donors (Lipinski definition) is 4. The largest absolute Gasteiger partial charge is 0.343 e. The number of nitrogens with zero attached hydrogens (tertiary/aromatic N) is 4. The molecule has 4 aliphatic rings. The second-order valence-electron chi connectivity index (χ2n) is 21.5. The highest BCUT2D eigenvalue weighted by atomic mass is 16.2. The standard InChI is InChI=1S/C60H80N8O6.4H2/c1-41(61-3)55(69)63-53(45-21-11-12-22-45)59(73)67-33-15-25-51(67)39-65(35-31-43-17-7-5-8-18-43)57(71)49-29-27-48-38-50(30-28-47(48)37-49)58(72)66(36-32-44-19-9-6-10-20-44)40-52-26-16-34-68(52)60(74)54(46-23-13-14-24-46)64-56(70)42(2)62-4;;;;/h5-10,17-20,27-30,37-38,41-42,45-46,51-54,61-62H,11-16,21-26,31-36,39-40H2,1-4H3,(H,63,69)(H,64,70);4*1H/t41-,42-,51-,52-,53-,54-;;;;/m0..../s1. The normalized spacial score (nSPS) is 19.8. The Balaban J connectivity index is 0.00000328. The third-order valence-electron chi connectivity index (χ3n) is 16.6. The van der Waals surface area contributed by atoms with Gasteiger partial charge in [-0.2, -0.15) is 0 Å². The number of likely N-dealkylation sites (tertiary alicyclic amines) is 2. The molecule has 2 saturated heterocycles. The second kappa shape index (κ2) is 25.9. The molecule has 4 aromatic rings. The highest BCUT2D eigenvalue weighted by molar-refractivity contribution is 6.02. The molecule has 0 bridgehead atoms. The van der Waals surface area contributed by atoms with Gasteiger partial charge in [-0.15, -0.1) is 0 Å². The molecule has 2 aliphatic heterocycles. The summed E-state index contributed by atoms with van der Waals surface area (Å²) in [5.41, 5.74) is 3.29. The first kappa shape index (κ1) is 54.2. The summed E-state index contributed by atoms with van der Waals surface area (Å²) in [4.78, 5) is 92.8. The third kappa shape index (κ3) is 13.4. The van der Waals surface area contributed by atoms with Gasteiger partial charge in [0.25, 0.3) is 11.8 Å². The lowest BCUT2D eigenvalue weighted by atomic mass is 9.96. The molecule has 2 aliphatic carbocycles. The van der Waals surface area contributed by atoms with Crippen molar-refractivity contribution in [2.45, 2.75) is 140 Å². The zero-order valence-electron chi connectivity index (χ0n) is 44.2. The smallest absolute Gasteiger partial charge is 0.253 e. The predicted molar refractivity (Wildman–Crippen MR) is 299 cm³/mol. The van der Waals surface area contributed by atoms with E-state index in [0.29, 0.717) is 63.2 Å². The minimum absolute atomic E-state index is 0. The van der Waals surface area contributed by atoms with Crippen molar-refractivity contribution in [3.8, 4) is 0 Å². The molecule has 4 aromatic carbocycles. The van der Waals surface area contributed by atoms with Crippen LogP contribution < -0.4 is 21.3 Å². The maximum Gasteiger partial charge on any atom is 0.253 e. The topological polar surface area (TPSA) is 163 Å². The maximum atomic E-state index is 14.8. The van der Waals surface area contributed by atoms with Crippen LogP contribution in [0.2, 0.25) is 0 Å². The van der Waals surface area contributed by atoms with Crippen LogP contribution in [0.4, 0.5) is 0 Å². The van der Waals surface area contributed by atoms with Crippen molar-refractivity contribution in [3.63, 3.8) is 0 Å². The minimum atomic E-state index is -0.600. The SMILES string of the molecule is CN[C@@H](C)C(=O)N[C@H](C(=O)N1CCC[C@H]1CN(CCc1ccccc1)C(=O)c1ccc2cc(C(=O)N(CCc3ccccc3)C[C@@H]3CCCN3C(=O)[C@@H](NC(=O)[C@H](C)NC)C3CCCC3)ccc2c1)C1CCCC1.[HH].[HH].[HH].[HH]. The molecule has 0 radical (unpaired) electrons. The van der Waals surface area contributed by atoms with Crippen molar-refractivity contribution in [1.82, 2.24) is 40.9 Å². The van der Waals surface area contributed by atoms with E-state index in [4.69, 9.17) is 0 Å². The minimum Gasteiger partial charge on any atom is -0.343 e. The molecule has 8 rings (SSSR count). The average Bonchev–Trinajstić information content (AvgIpc) is 4.31. The molecule has 6 atom stereocenters. The van der Waals surface area contributed by atoms with Gasteiger partial charge in [-0.1, -0.05) is 98.5 Å². The lowest BCUT2D eigenvalue weighted by Gasteiger charge is -2.35. The van der Waals surface area contributed by atoms with E-state index >= 15 is 0 Å². The molecular formula is C60H88N8O6. The van der Waals surface area contributed by atoms with Crippen LogP contribution in [0.25, 0.3) is 10.8 Å². The Bertz CT molecular complexity index is 2400. The molecule has 6 amide bonds. The van der Waals surface area contributed by atoms with Crippen LogP contribution >= 0.6 is 0 Å². The summed E-state index contributed by atoms with van der Waals surface area (Å²) in [6.07, 6.45) is 12.2. The monoisotopic (exact) mass is 1020 g/mol. The third-order valence-corrected chi connectivity index (χ3v) is 16.6. The highest BCUT2D eigenvalue weighted by Gasteiger charge is 2.42. The van der Waals surface area contributed by atoms with Crippen LogP contribution in [0.1, 0.15) is 128 Å². The molecule has 2 saturated carbocycles.